The maximum absolute atomic E-state index is 12.3. The van der Waals surface area contributed by atoms with Crippen LogP contribution < -0.4 is 19.7 Å². The number of hydrogen-bond acceptors (Lipinski definition) is 6. The van der Waals surface area contributed by atoms with E-state index in [2.05, 4.69) is 15.2 Å². The quantitative estimate of drug-likeness (QED) is 0.867. The van der Waals surface area contributed by atoms with Gasteiger partial charge < -0.3 is 19.7 Å². The number of thiazole rings is 1. The molecule has 1 amide bonds. The molecule has 0 radical (unpaired) electrons. The molecule has 0 spiro atoms. The van der Waals surface area contributed by atoms with Gasteiger partial charge in [0, 0.05) is 30.7 Å². The van der Waals surface area contributed by atoms with E-state index in [-0.39, 0.29) is 11.9 Å². The fourth-order valence-corrected chi connectivity index (χ4v) is 3.56. The Kier molecular flexibility index (Phi) is 5.20. The van der Waals surface area contributed by atoms with Gasteiger partial charge in [0.25, 0.3) is 0 Å². The van der Waals surface area contributed by atoms with Crippen LogP contribution in [0.15, 0.2) is 29.8 Å². The Labute approximate surface area is 145 Å². The van der Waals surface area contributed by atoms with E-state index in [0.717, 1.165) is 30.2 Å². The predicted molar refractivity (Wildman–Crippen MR) is 94.1 cm³/mol. The van der Waals surface area contributed by atoms with Crippen LogP contribution in [0.2, 0.25) is 0 Å². The monoisotopic (exact) mass is 347 g/mol. The number of methoxy groups -OCH3 is 2. The second-order valence-electron chi connectivity index (χ2n) is 5.68. The van der Waals surface area contributed by atoms with E-state index < -0.39 is 0 Å². The van der Waals surface area contributed by atoms with E-state index in [4.69, 9.17) is 9.47 Å². The number of carbonyl (C=O) groups is 1. The summed E-state index contributed by atoms with van der Waals surface area (Å²) in [7, 11) is 3.19. The van der Waals surface area contributed by atoms with Crippen LogP contribution in [0.4, 0.5) is 5.13 Å². The first-order valence-corrected chi connectivity index (χ1v) is 8.72. The van der Waals surface area contributed by atoms with Crippen LogP contribution in [0.5, 0.6) is 11.5 Å². The van der Waals surface area contributed by atoms with E-state index in [9.17, 15) is 4.79 Å². The molecule has 0 bridgehead atoms. The van der Waals surface area contributed by atoms with Crippen molar-refractivity contribution >= 4 is 22.4 Å². The van der Waals surface area contributed by atoms with Gasteiger partial charge in [-0.15, -0.1) is 11.3 Å². The predicted octanol–water partition coefficient (Wildman–Crippen LogP) is 2.10. The first-order valence-electron chi connectivity index (χ1n) is 7.84. The topological polar surface area (TPSA) is 63.7 Å². The number of rotatable bonds is 6. The number of aromatic nitrogens is 1. The molecule has 7 heteroatoms. The molecule has 0 saturated carbocycles. The molecule has 2 aromatic rings. The molecule has 6 nitrogen and oxygen atoms in total. The molecule has 1 aliphatic heterocycles. The normalized spacial score (nSPS) is 16.9. The number of carbonyl (C=O) groups excluding carboxylic acids is 1. The van der Waals surface area contributed by atoms with Gasteiger partial charge in [-0.1, -0.05) is 6.07 Å². The van der Waals surface area contributed by atoms with Gasteiger partial charge in [-0.05, 0) is 24.1 Å². The Balaban J connectivity index is 1.54. The fourth-order valence-electron chi connectivity index (χ4n) is 2.88. The van der Waals surface area contributed by atoms with Gasteiger partial charge in [-0.3, -0.25) is 4.79 Å². The summed E-state index contributed by atoms with van der Waals surface area (Å²) < 4.78 is 10.5. The molecule has 1 atom stereocenters. The molecule has 1 N–H and O–H groups in total. The number of ether oxygens (including phenoxy) is 2. The van der Waals surface area contributed by atoms with Crippen molar-refractivity contribution in [1.82, 2.24) is 10.3 Å². The number of hydrogen-bond donors (Lipinski definition) is 1. The highest BCUT2D eigenvalue weighted by Crippen LogP contribution is 2.28. The molecule has 1 aromatic carbocycles. The highest BCUT2D eigenvalue weighted by molar-refractivity contribution is 7.13. The second kappa shape index (κ2) is 7.53. The Morgan fingerprint density at radius 2 is 2.21 bits per heavy atom. The Morgan fingerprint density at radius 1 is 1.38 bits per heavy atom. The zero-order chi connectivity index (χ0) is 16.9. The second-order valence-corrected chi connectivity index (χ2v) is 6.55. The minimum atomic E-state index is 0.0215. The molecule has 2 heterocycles. The summed E-state index contributed by atoms with van der Waals surface area (Å²) in [6.45, 7) is 1.74. The minimum Gasteiger partial charge on any atom is -0.493 e. The summed E-state index contributed by atoms with van der Waals surface area (Å²) in [6, 6.07) is 5.72. The lowest BCUT2D eigenvalue weighted by atomic mass is 10.1. The number of nitrogens with zero attached hydrogens (tertiary/aromatic N) is 2. The largest absolute Gasteiger partial charge is 0.493 e. The third-order valence-corrected chi connectivity index (χ3v) is 4.89. The van der Waals surface area contributed by atoms with E-state index in [1.807, 2.05) is 29.8 Å². The van der Waals surface area contributed by atoms with Crippen LogP contribution in [0.1, 0.15) is 12.0 Å². The molecular weight excluding hydrogens is 326 g/mol. The molecule has 1 aromatic heterocycles. The van der Waals surface area contributed by atoms with Crippen LogP contribution in [0.3, 0.4) is 0 Å². The van der Waals surface area contributed by atoms with Gasteiger partial charge in [0.15, 0.2) is 16.6 Å². The maximum Gasteiger partial charge on any atom is 0.224 e. The third-order valence-electron chi connectivity index (χ3n) is 4.06. The average Bonchev–Trinajstić information content (AvgIpc) is 3.25. The zero-order valence-corrected chi connectivity index (χ0v) is 14.6. The summed E-state index contributed by atoms with van der Waals surface area (Å²) in [4.78, 5) is 18.8. The van der Waals surface area contributed by atoms with Crippen LogP contribution in [-0.4, -0.2) is 44.2 Å². The maximum atomic E-state index is 12.3. The van der Waals surface area contributed by atoms with Gasteiger partial charge in [0.05, 0.1) is 20.6 Å². The summed E-state index contributed by atoms with van der Waals surface area (Å²) in [5, 5.41) is 6.10. The molecule has 1 saturated heterocycles. The first-order chi connectivity index (χ1) is 11.7. The number of amides is 1. The van der Waals surface area contributed by atoms with Crippen molar-refractivity contribution in [1.29, 1.82) is 0 Å². The number of anilines is 1. The van der Waals surface area contributed by atoms with Crippen molar-refractivity contribution in [2.24, 2.45) is 0 Å². The molecule has 128 valence electrons. The lowest BCUT2D eigenvalue weighted by Crippen LogP contribution is -2.37. The number of nitrogens with one attached hydrogen (secondary N) is 1. The average molecular weight is 347 g/mol. The Morgan fingerprint density at radius 3 is 2.92 bits per heavy atom. The fraction of sp³-hybridized carbons (Fsp3) is 0.412. The SMILES string of the molecule is COc1ccc(CC(=O)N[C@H]2CCN(c3nccs3)C2)cc1OC. The third kappa shape index (κ3) is 3.79. The van der Waals surface area contributed by atoms with E-state index >= 15 is 0 Å². The molecule has 1 aliphatic rings. The summed E-state index contributed by atoms with van der Waals surface area (Å²) >= 11 is 1.63. The van der Waals surface area contributed by atoms with E-state index in [0.29, 0.717) is 17.9 Å². The highest BCUT2D eigenvalue weighted by atomic mass is 32.1. The smallest absolute Gasteiger partial charge is 0.224 e. The molecule has 1 fully saturated rings. The summed E-state index contributed by atoms with van der Waals surface area (Å²) in [6.07, 6.45) is 3.08. The van der Waals surface area contributed by atoms with E-state index in [1.165, 1.54) is 0 Å². The minimum absolute atomic E-state index is 0.0215. The van der Waals surface area contributed by atoms with Crippen LogP contribution in [0, 0.1) is 0 Å². The lowest BCUT2D eigenvalue weighted by Gasteiger charge is -2.16. The van der Waals surface area contributed by atoms with Gasteiger partial charge >= 0.3 is 0 Å². The molecular formula is C17H21N3O3S. The summed E-state index contributed by atoms with van der Waals surface area (Å²) in [5.41, 5.74) is 0.903. The standard InChI is InChI=1S/C17H21N3O3S/c1-22-14-4-3-12(9-15(14)23-2)10-16(21)19-13-5-7-20(11-13)17-18-6-8-24-17/h3-4,6,8-9,13H,5,7,10-11H2,1-2H3,(H,19,21)/t13-/m0/s1. The van der Waals surface area contributed by atoms with Crippen LogP contribution >= 0.6 is 11.3 Å². The Hall–Kier alpha value is -2.28. The van der Waals surface area contributed by atoms with Crippen molar-refractivity contribution in [3.05, 3.63) is 35.3 Å². The lowest BCUT2D eigenvalue weighted by molar-refractivity contribution is -0.121. The Bertz CT molecular complexity index is 690. The van der Waals surface area contributed by atoms with Crippen molar-refractivity contribution in [2.75, 3.05) is 32.2 Å². The highest BCUT2D eigenvalue weighted by Gasteiger charge is 2.25. The molecule has 3 rings (SSSR count). The van der Waals surface area contributed by atoms with Crippen molar-refractivity contribution < 1.29 is 14.3 Å². The van der Waals surface area contributed by atoms with Crippen LogP contribution in [0.25, 0.3) is 0 Å². The van der Waals surface area contributed by atoms with E-state index in [1.54, 1.807) is 25.6 Å². The van der Waals surface area contributed by atoms with Gasteiger partial charge in [-0.2, -0.15) is 0 Å². The number of benzene rings is 1. The van der Waals surface area contributed by atoms with Gasteiger partial charge in [0.2, 0.25) is 5.91 Å². The van der Waals surface area contributed by atoms with Gasteiger partial charge in [-0.25, -0.2) is 4.98 Å². The van der Waals surface area contributed by atoms with Gasteiger partial charge in [0.1, 0.15) is 0 Å². The zero-order valence-electron chi connectivity index (χ0n) is 13.8. The molecule has 24 heavy (non-hydrogen) atoms. The van der Waals surface area contributed by atoms with Crippen molar-refractivity contribution in [3.63, 3.8) is 0 Å². The first kappa shape index (κ1) is 16.6. The van der Waals surface area contributed by atoms with Crippen molar-refractivity contribution in [2.45, 2.75) is 18.9 Å². The van der Waals surface area contributed by atoms with Crippen LogP contribution in [-0.2, 0) is 11.2 Å². The van der Waals surface area contributed by atoms with Crippen molar-refractivity contribution in [3.8, 4) is 11.5 Å². The summed E-state index contributed by atoms with van der Waals surface area (Å²) in [5.74, 6) is 1.32. The molecule has 0 aliphatic carbocycles. The molecule has 0 unspecified atom stereocenters.